The van der Waals surface area contributed by atoms with Crippen LogP contribution in [0.4, 0.5) is 4.79 Å². The molecule has 4 aromatic rings. The molecular weight excluding hydrogens is 620 g/mol. The van der Waals surface area contributed by atoms with Crippen LogP contribution in [0.25, 0.3) is 16.7 Å². The van der Waals surface area contributed by atoms with Crippen LogP contribution in [0, 0.1) is 23.2 Å². The number of carbonyl (C=O) groups excluding carboxylic acids is 3. The van der Waals surface area contributed by atoms with Crippen LogP contribution in [-0.4, -0.2) is 46.2 Å². The van der Waals surface area contributed by atoms with Gasteiger partial charge in [-0.25, -0.2) is 9.78 Å². The van der Waals surface area contributed by atoms with E-state index in [2.05, 4.69) is 15.6 Å². The summed E-state index contributed by atoms with van der Waals surface area (Å²) in [5, 5.41) is 7.16. The average molecular weight is 663 g/mol. The number of aromatic nitrogens is 2. The van der Waals surface area contributed by atoms with Gasteiger partial charge in [-0.3, -0.25) is 19.0 Å². The van der Waals surface area contributed by atoms with Crippen LogP contribution in [0.1, 0.15) is 74.4 Å². The van der Waals surface area contributed by atoms with Gasteiger partial charge in [0.15, 0.2) is 11.1 Å². The molecule has 2 aromatic heterocycles. The van der Waals surface area contributed by atoms with Crippen LogP contribution in [0.2, 0.25) is 0 Å². The number of nitrogens with one attached hydrogen (secondary N) is 2. The fourth-order valence-electron chi connectivity index (χ4n) is 8.50. The van der Waals surface area contributed by atoms with Crippen LogP contribution < -0.4 is 20.8 Å². The standard InChI is InChI=1S/C39H42N4O6/c1-38(2,3)36(46)42-39-20-24-17-26(21-39)31(27(18-24)22-39)41-34(45)25-14-12-23(13-15-25)19-30-32(44)29-11-8-16-40-33(29)43(28-9-6-5-7-10-28)35(30)49-37(47)48-4/h5-16,24,26-27,31H,17-22H2,1-4H3,(H,41,45)(H,42,46)/t24?,26-,27+,31?,39?. The van der Waals surface area contributed by atoms with Gasteiger partial charge in [-0.2, -0.15) is 0 Å². The molecule has 0 saturated heterocycles. The first-order chi connectivity index (χ1) is 23.4. The highest BCUT2D eigenvalue weighted by Crippen LogP contribution is 2.56. The largest absolute Gasteiger partial charge is 0.514 e. The molecule has 3 unspecified atom stereocenters. The average Bonchev–Trinajstić information content (AvgIpc) is 3.08. The third-order valence-electron chi connectivity index (χ3n) is 10.6. The van der Waals surface area contributed by atoms with E-state index in [-0.39, 0.29) is 46.7 Å². The number of para-hydroxylation sites is 1. The second-order valence-electron chi connectivity index (χ2n) is 15.0. The van der Waals surface area contributed by atoms with Crippen LogP contribution in [0.15, 0.2) is 77.7 Å². The molecule has 0 radical (unpaired) electrons. The Bertz CT molecular complexity index is 1970. The monoisotopic (exact) mass is 662 g/mol. The van der Waals surface area contributed by atoms with E-state index in [0.717, 1.165) is 37.7 Å². The number of pyridine rings is 2. The van der Waals surface area contributed by atoms with Gasteiger partial charge in [-0.1, -0.05) is 51.1 Å². The Balaban J connectivity index is 1.13. The highest BCUT2D eigenvalue weighted by Gasteiger charge is 2.56. The molecule has 254 valence electrons. The van der Waals surface area contributed by atoms with E-state index in [0.29, 0.717) is 40.0 Å². The number of hydrogen-bond acceptors (Lipinski definition) is 7. The van der Waals surface area contributed by atoms with Gasteiger partial charge < -0.3 is 20.1 Å². The molecule has 5 atom stereocenters. The number of ether oxygens (including phenoxy) is 2. The van der Waals surface area contributed by atoms with Crippen molar-refractivity contribution >= 4 is 29.0 Å². The van der Waals surface area contributed by atoms with Crippen molar-refractivity contribution in [1.82, 2.24) is 20.2 Å². The predicted octanol–water partition coefficient (Wildman–Crippen LogP) is 5.96. The Morgan fingerprint density at radius 1 is 0.939 bits per heavy atom. The zero-order chi connectivity index (χ0) is 34.5. The van der Waals surface area contributed by atoms with Crippen LogP contribution in [0.3, 0.4) is 0 Å². The molecule has 4 aliphatic carbocycles. The summed E-state index contributed by atoms with van der Waals surface area (Å²) in [5.74, 6) is 1.23. The third-order valence-corrected chi connectivity index (χ3v) is 10.6. The minimum Gasteiger partial charge on any atom is -0.437 e. The lowest BCUT2D eigenvalue weighted by molar-refractivity contribution is -0.135. The molecule has 4 bridgehead atoms. The van der Waals surface area contributed by atoms with Crippen molar-refractivity contribution in [3.05, 3.63) is 99.8 Å². The van der Waals surface area contributed by atoms with Gasteiger partial charge in [0.25, 0.3) is 5.91 Å². The van der Waals surface area contributed by atoms with E-state index in [1.54, 1.807) is 35.0 Å². The van der Waals surface area contributed by atoms with Crippen LogP contribution >= 0.6 is 0 Å². The van der Waals surface area contributed by atoms with E-state index >= 15 is 0 Å². The topological polar surface area (TPSA) is 129 Å². The third kappa shape index (κ3) is 6.20. The molecule has 4 fully saturated rings. The SMILES string of the molecule is COC(=O)Oc1c(Cc2ccc(C(=O)NC3[C@@H]4CC5C[C@H]3CC(NC(=O)C(C)(C)C)(C5)C4)cc2)c(=O)c2cccnc2n1-c1ccccc1. The van der Waals surface area contributed by atoms with Crippen molar-refractivity contribution < 1.29 is 23.9 Å². The van der Waals surface area contributed by atoms with Gasteiger partial charge in [-0.05, 0) is 91.8 Å². The zero-order valence-corrected chi connectivity index (χ0v) is 28.3. The van der Waals surface area contributed by atoms with Gasteiger partial charge in [0, 0.05) is 35.2 Å². The van der Waals surface area contributed by atoms with Gasteiger partial charge >= 0.3 is 6.16 Å². The van der Waals surface area contributed by atoms with Crippen molar-refractivity contribution in [3.8, 4) is 11.6 Å². The first-order valence-corrected chi connectivity index (χ1v) is 17.0. The van der Waals surface area contributed by atoms with Crippen molar-refractivity contribution in [3.63, 3.8) is 0 Å². The summed E-state index contributed by atoms with van der Waals surface area (Å²) < 4.78 is 12.1. The summed E-state index contributed by atoms with van der Waals surface area (Å²) >= 11 is 0. The second-order valence-corrected chi connectivity index (χ2v) is 15.0. The van der Waals surface area contributed by atoms with Crippen molar-refractivity contribution in [1.29, 1.82) is 0 Å². The first kappa shape index (κ1) is 32.6. The van der Waals surface area contributed by atoms with Crippen LogP contribution in [-0.2, 0) is 16.0 Å². The maximum atomic E-state index is 13.9. The summed E-state index contributed by atoms with van der Waals surface area (Å²) in [6, 6.07) is 19.9. The van der Waals surface area contributed by atoms with Gasteiger partial charge in [-0.15, -0.1) is 0 Å². The summed E-state index contributed by atoms with van der Waals surface area (Å²) in [4.78, 5) is 57.3. The Morgan fingerprint density at radius 3 is 2.29 bits per heavy atom. The number of nitrogens with zero attached hydrogens (tertiary/aromatic N) is 2. The molecule has 2 aromatic carbocycles. The zero-order valence-electron chi connectivity index (χ0n) is 28.3. The fourth-order valence-corrected chi connectivity index (χ4v) is 8.50. The van der Waals surface area contributed by atoms with E-state index in [4.69, 9.17) is 9.47 Å². The molecule has 8 rings (SSSR count). The highest BCUT2D eigenvalue weighted by atomic mass is 16.7. The number of amides is 2. The molecule has 10 heteroatoms. The minimum atomic E-state index is -0.958. The quantitative estimate of drug-likeness (QED) is 0.234. The van der Waals surface area contributed by atoms with E-state index in [9.17, 15) is 19.2 Å². The normalized spacial score (nSPS) is 24.0. The Labute approximate surface area is 285 Å². The lowest BCUT2D eigenvalue weighted by Gasteiger charge is -2.60. The number of fused-ring (bicyclic) bond motifs is 1. The number of rotatable bonds is 7. The van der Waals surface area contributed by atoms with Crippen molar-refractivity contribution in [2.24, 2.45) is 23.2 Å². The predicted molar refractivity (Wildman–Crippen MR) is 185 cm³/mol. The van der Waals surface area contributed by atoms with E-state index < -0.39 is 11.6 Å². The van der Waals surface area contributed by atoms with E-state index in [1.165, 1.54) is 7.11 Å². The lowest BCUT2D eigenvalue weighted by Crippen LogP contribution is -2.67. The van der Waals surface area contributed by atoms with Crippen LogP contribution in [0.5, 0.6) is 5.88 Å². The molecule has 49 heavy (non-hydrogen) atoms. The molecule has 4 aliphatic rings. The Hall–Kier alpha value is -4.99. The molecule has 0 spiro atoms. The molecule has 2 heterocycles. The van der Waals surface area contributed by atoms with Crippen molar-refractivity contribution in [2.75, 3.05) is 7.11 Å². The molecular formula is C39H42N4O6. The summed E-state index contributed by atoms with van der Waals surface area (Å²) in [5.41, 5.74) is 1.64. The van der Waals surface area contributed by atoms with Gasteiger partial charge in [0.05, 0.1) is 23.7 Å². The molecule has 10 nitrogen and oxygen atoms in total. The molecule has 2 N–H and O–H groups in total. The number of carbonyl (C=O) groups is 3. The van der Waals surface area contributed by atoms with Gasteiger partial charge in [0.1, 0.15) is 0 Å². The van der Waals surface area contributed by atoms with Crippen molar-refractivity contribution in [2.45, 2.75) is 70.9 Å². The second kappa shape index (κ2) is 12.5. The number of methoxy groups -OCH3 is 1. The van der Waals surface area contributed by atoms with Gasteiger partial charge in [0.2, 0.25) is 11.8 Å². The summed E-state index contributed by atoms with van der Waals surface area (Å²) in [6.45, 7) is 5.85. The molecule has 0 aliphatic heterocycles. The maximum Gasteiger partial charge on any atom is 0.514 e. The van der Waals surface area contributed by atoms with E-state index in [1.807, 2.05) is 63.2 Å². The smallest absolute Gasteiger partial charge is 0.437 e. The highest BCUT2D eigenvalue weighted by molar-refractivity contribution is 5.94. The summed E-state index contributed by atoms with van der Waals surface area (Å²) in [7, 11) is 1.21. The number of benzene rings is 2. The summed E-state index contributed by atoms with van der Waals surface area (Å²) in [6.07, 6.45) is 5.73. The Kier molecular flexibility index (Phi) is 8.29. The lowest BCUT2D eigenvalue weighted by atomic mass is 9.51. The maximum absolute atomic E-state index is 13.9. The molecule has 4 saturated carbocycles. The first-order valence-electron chi connectivity index (χ1n) is 17.0. The number of hydrogen-bond donors (Lipinski definition) is 2. The Morgan fingerprint density at radius 2 is 1.63 bits per heavy atom. The minimum absolute atomic E-state index is 0.0226. The molecule has 2 amide bonds. The fraction of sp³-hybridized carbons (Fsp3) is 0.410.